The molecule has 140 valence electrons. The zero-order valence-electron chi connectivity index (χ0n) is 15.2. The Morgan fingerprint density at radius 2 is 1.67 bits per heavy atom. The topological polar surface area (TPSA) is 89.0 Å². The molecule has 2 amide bonds. The molecule has 0 saturated carbocycles. The minimum absolute atomic E-state index is 0.544. The van der Waals surface area contributed by atoms with Gasteiger partial charge in [-0.05, 0) is 44.2 Å². The third kappa shape index (κ3) is 4.84. The summed E-state index contributed by atoms with van der Waals surface area (Å²) in [5, 5.41) is 6.53. The molecule has 1 aliphatic heterocycles. The van der Waals surface area contributed by atoms with Crippen LogP contribution in [-0.2, 0) is 9.59 Å². The van der Waals surface area contributed by atoms with Gasteiger partial charge in [0.2, 0.25) is 0 Å². The third-order valence-electron chi connectivity index (χ3n) is 4.01. The van der Waals surface area contributed by atoms with Crippen molar-refractivity contribution in [2.75, 3.05) is 18.5 Å². The van der Waals surface area contributed by atoms with E-state index in [1.165, 1.54) is 0 Å². The predicted octanol–water partition coefficient (Wildman–Crippen LogP) is 2.64. The Balaban J connectivity index is 1.62. The zero-order valence-corrected chi connectivity index (χ0v) is 15.2. The van der Waals surface area contributed by atoms with E-state index in [-0.39, 0.29) is 0 Å². The number of nitrogens with one attached hydrogen (secondary N) is 2. The van der Waals surface area contributed by atoms with Gasteiger partial charge < -0.3 is 14.8 Å². The average molecular weight is 367 g/mol. The van der Waals surface area contributed by atoms with Crippen molar-refractivity contribution in [3.63, 3.8) is 0 Å². The number of anilines is 1. The molecular formula is C20H21N3O4. The minimum Gasteiger partial charge on any atom is -0.490 e. The maximum absolute atomic E-state index is 12.0. The van der Waals surface area contributed by atoms with Crippen molar-refractivity contribution in [2.24, 2.45) is 5.10 Å². The molecule has 0 atom stereocenters. The van der Waals surface area contributed by atoms with Crippen LogP contribution in [0.15, 0.2) is 47.6 Å². The lowest BCUT2D eigenvalue weighted by Gasteiger charge is -2.09. The van der Waals surface area contributed by atoms with E-state index >= 15 is 0 Å². The summed E-state index contributed by atoms with van der Waals surface area (Å²) in [5.74, 6) is -0.299. The normalized spacial score (nSPS) is 13.5. The summed E-state index contributed by atoms with van der Waals surface area (Å²) in [6, 6.07) is 12.6. The van der Waals surface area contributed by atoms with Crippen LogP contribution >= 0.6 is 0 Å². The Labute approximate surface area is 157 Å². The van der Waals surface area contributed by atoms with Gasteiger partial charge in [-0.3, -0.25) is 9.59 Å². The molecule has 27 heavy (non-hydrogen) atoms. The average Bonchev–Trinajstić information content (AvgIpc) is 2.92. The van der Waals surface area contributed by atoms with Gasteiger partial charge >= 0.3 is 11.8 Å². The van der Waals surface area contributed by atoms with E-state index in [1.54, 1.807) is 31.2 Å². The molecule has 7 heteroatoms. The zero-order chi connectivity index (χ0) is 19.2. The van der Waals surface area contributed by atoms with Crippen molar-refractivity contribution < 1.29 is 19.1 Å². The maximum atomic E-state index is 12.0. The summed E-state index contributed by atoms with van der Waals surface area (Å²) in [6.07, 6.45) is 0.823. The fourth-order valence-corrected chi connectivity index (χ4v) is 2.46. The van der Waals surface area contributed by atoms with Crippen LogP contribution < -0.4 is 20.2 Å². The second kappa shape index (κ2) is 8.35. The number of amides is 2. The number of ether oxygens (including phenoxy) is 2. The number of rotatable bonds is 3. The number of nitrogens with zero attached hydrogens (tertiary/aromatic N) is 1. The van der Waals surface area contributed by atoms with Gasteiger partial charge in [-0.1, -0.05) is 17.7 Å². The van der Waals surface area contributed by atoms with Crippen molar-refractivity contribution in [3.05, 3.63) is 53.6 Å². The van der Waals surface area contributed by atoms with Gasteiger partial charge in [-0.15, -0.1) is 0 Å². The van der Waals surface area contributed by atoms with Gasteiger partial charge in [-0.25, -0.2) is 5.43 Å². The molecule has 7 nitrogen and oxygen atoms in total. The molecule has 2 aromatic carbocycles. The highest BCUT2D eigenvalue weighted by molar-refractivity contribution is 6.39. The lowest BCUT2D eigenvalue weighted by Crippen LogP contribution is -2.32. The Morgan fingerprint density at radius 3 is 2.41 bits per heavy atom. The Morgan fingerprint density at radius 1 is 0.963 bits per heavy atom. The second-order valence-corrected chi connectivity index (χ2v) is 6.17. The number of aryl methyl sites for hydroxylation is 1. The van der Waals surface area contributed by atoms with E-state index in [0.717, 1.165) is 17.5 Å². The molecule has 1 heterocycles. The molecule has 2 aromatic rings. The number of carbonyl (C=O) groups is 2. The lowest BCUT2D eigenvalue weighted by atomic mass is 10.1. The Bertz CT molecular complexity index is 875. The van der Waals surface area contributed by atoms with Crippen molar-refractivity contribution in [1.82, 2.24) is 5.43 Å². The van der Waals surface area contributed by atoms with E-state index in [2.05, 4.69) is 15.8 Å². The summed E-state index contributed by atoms with van der Waals surface area (Å²) in [5.41, 5.74) is 5.18. The van der Waals surface area contributed by atoms with Gasteiger partial charge in [0.05, 0.1) is 18.9 Å². The van der Waals surface area contributed by atoms with Gasteiger partial charge in [0.1, 0.15) is 0 Å². The number of hydrazone groups is 1. The lowest BCUT2D eigenvalue weighted by molar-refractivity contribution is -0.136. The van der Waals surface area contributed by atoms with Gasteiger partial charge in [0, 0.05) is 17.7 Å². The van der Waals surface area contributed by atoms with E-state index in [1.807, 2.05) is 25.1 Å². The van der Waals surface area contributed by atoms with Crippen molar-refractivity contribution in [1.29, 1.82) is 0 Å². The summed E-state index contributed by atoms with van der Waals surface area (Å²) in [7, 11) is 0. The molecule has 0 aromatic heterocycles. The van der Waals surface area contributed by atoms with Crippen molar-refractivity contribution in [2.45, 2.75) is 20.3 Å². The first-order chi connectivity index (χ1) is 13.0. The Hall–Kier alpha value is -3.35. The summed E-state index contributed by atoms with van der Waals surface area (Å²) >= 11 is 0. The summed E-state index contributed by atoms with van der Waals surface area (Å²) in [6.45, 7) is 4.88. The van der Waals surface area contributed by atoms with Crippen molar-refractivity contribution in [3.8, 4) is 11.5 Å². The van der Waals surface area contributed by atoms with Gasteiger partial charge in [0.25, 0.3) is 0 Å². The van der Waals surface area contributed by atoms with E-state index in [4.69, 9.17) is 9.47 Å². The molecule has 2 N–H and O–H groups in total. The van der Waals surface area contributed by atoms with Crippen molar-refractivity contribution >= 4 is 23.2 Å². The molecule has 0 saturated heterocycles. The molecule has 0 radical (unpaired) electrons. The smallest absolute Gasteiger partial charge is 0.329 e. The molecule has 0 fully saturated rings. The summed E-state index contributed by atoms with van der Waals surface area (Å²) < 4.78 is 11.2. The summed E-state index contributed by atoms with van der Waals surface area (Å²) in [4.78, 5) is 23.9. The fourth-order valence-electron chi connectivity index (χ4n) is 2.46. The SMILES string of the molecule is C/C(=N/NC(=O)C(=O)Nc1ccc(C)cc1)c1ccc2c(c1)OCCCO2. The fraction of sp³-hybridized carbons (Fsp3) is 0.250. The highest BCUT2D eigenvalue weighted by atomic mass is 16.5. The molecule has 3 rings (SSSR count). The van der Waals surface area contributed by atoms with Crippen LogP contribution in [-0.4, -0.2) is 30.7 Å². The van der Waals surface area contributed by atoms with Crippen LogP contribution in [0.4, 0.5) is 5.69 Å². The largest absolute Gasteiger partial charge is 0.490 e. The second-order valence-electron chi connectivity index (χ2n) is 6.17. The van der Waals surface area contributed by atoms with E-state index in [0.29, 0.717) is 36.1 Å². The highest BCUT2D eigenvalue weighted by Gasteiger charge is 2.14. The number of hydrogen-bond donors (Lipinski definition) is 2. The Kier molecular flexibility index (Phi) is 5.71. The third-order valence-corrected chi connectivity index (χ3v) is 4.01. The van der Waals surface area contributed by atoms with Crippen LogP contribution in [0.3, 0.4) is 0 Å². The molecule has 0 spiro atoms. The first-order valence-electron chi connectivity index (χ1n) is 8.65. The standard InChI is InChI=1S/C20H21N3O4/c1-13-4-7-16(8-5-13)21-19(24)20(25)23-22-14(2)15-6-9-17-18(12-15)27-11-3-10-26-17/h4-9,12H,3,10-11H2,1-2H3,(H,21,24)(H,23,25)/b22-14-. The predicted molar refractivity (Wildman–Crippen MR) is 102 cm³/mol. The molecule has 0 aliphatic carbocycles. The first kappa shape index (κ1) is 18.4. The minimum atomic E-state index is -0.843. The number of fused-ring (bicyclic) bond motifs is 1. The molecular weight excluding hydrogens is 346 g/mol. The van der Waals surface area contributed by atoms with E-state index in [9.17, 15) is 9.59 Å². The quantitative estimate of drug-likeness (QED) is 0.496. The van der Waals surface area contributed by atoms with E-state index < -0.39 is 11.8 Å². The number of carbonyl (C=O) groups excluding carboxylic acids is 2. The highest BCUT2D eigenvalue weighted by Crippen LogP contribution is 2.30. The van der Waals surface area contributed by atoms with Crippen LogP contribution in [0.1, 0.15) is 24.5 Å². The van der Waals surface area contributed by atoms with Crippen LogP contribution in [0.2, 0.25) is 0 Å². The monoisotopic (exact) mass is 367 g/mol. The van der Waals surface area contributed by atoms with Crippen LogP contribution in [0.25, 0.3) is 0 Å². The first-order valence-corrected chi connectivity index (χ1v) is 8.65. The van der Waals surface area contributed by atoms with Crippen LogP contribution in [0.5, 0.6) is 11.5 Å². The number of hydrogen-bond acceptors (Lipinski definition) is 5. The van der Waals surface area contributed by atoms with Crippen LogP contribution in [0, 0.1) is 6.92 Å². The van der Waals surface area contributed by atoms with Gasteiger partial charge in [-0.2, -0.15) is 5.10 Å². The maximum Gasteiger partial charge on any atom is 0.329 e. The molecule has 0 unspecified atom stereocenters. The number of benzene rings is 2. The molecule has 0 bridgehead atoms. The van der Waals surface area contributed by atoms with Gasteiger partial charge in [0.15, 0.2) is 11.5 Å². The molecule has 1 aliphatic rings.